The van der Waals surface area contributed by atoms with Crippen molar-refractivity contribution in [2.45, 2.75) is 50.1 Å². The third-order valence-corrected chi connectivity index (χ3v) is 5.42. The van der Waals surface area contributed by atoms with Gasteiger partial charge in [0.25, 0.3) is 0 Å². The molecule has 0 aliphatic rings. The summed E-state index contributed by atoms with van der Waals surface area (Å²) >= 11 is 0. The van der Waals surface area contributed by atoms with Gasteiger partial charge >= 0.3 is 23.9 Å². The lowest BCUT2D eigenvalue weighted by Crippen LogP contribution is -2.42. The first-order chi connectivity index (χ1) is 19.0. The van der Waals surface area contributed by atoms with Crippen molar-refractivity contribution in [1.82, 2.24) is 0 Å². The average molecular weight is 568 g/mol. The van der Waals surface area contributed by atoms with Gasteiger partial charge in [-0.2, -0.15) is 0 Å². The first kappa shape index (κ1) is 31.9. The molecule has 0 saturated carbocycles. The molecule has 40 heavy (non-hydrogen) atoms. The number of phenols is 2. The molecule has 0 amide bonds. The molecule has 4 atom stereocenters. The van der Waals surface area contributed by atoms with Gasteiger partial charge in [-0.05, 0) is 31.0 Å². The van der Waals surface area contributed by atoms with Crippen LogP contribution in [0.15, 0.2) is 42.5 Å². The Hall–Kier alpha value is -4.28. The number of carbonyl (C=O) groups excluding carboxylic acids is 4. The SMILES string of the molecule is O=C(CCCCC(=O)OOC(=O)c1cccc(C(O)[C@H](O)[C@H](O)[C@H](O)CO)c1O)OOC(=O)c1ccccc1O. The largest absolute Gasteiger partial charge is 0.507 e. The molecule has 7 N–H and O–H groups in total. The van der Waals surface area contributed by atoms with Gasteiger partial charge in [0.1, 0.15) is 47.0 Å². The van der Waals surface area contributed by atoms with E-state index >= 15 is 0 Å². The summed E-state index contributed by atoms with van der Waals surface area (Å²) < 4.78 is 0. The zero-order valence-electron chi connectivity index (χ0n) is 20.8. The number of benzene rings is 2. The molecule has 0 aliphatic carbocycles. The highest BCUT2D eigenvalue weighted by molar-refractivity contribution is 5.93. The van der Waals surface area contributed by atoms with Crippen molar-refractivity contribution in [3.05, 3.63) is 59.2 Å². The summed E-state index contributed by atoms with van der Waals surface area (Å²) in [5.74, 6) is -5.61. The molecule has 0 aliphatic heterocycles. The van der Waals surface area contributed by atoms with Gasteiger partial charge in [0, 0.05) is 5.56 Å². The number of hydrogen-bond acceptors (Lipinski definition) is 15. The molecule has 0 aromatic heterocycles. The van der Waals surface area contributed by atoms with E-state index in [9.17, 15) is 49.8 Å². The van der Waals surface area contributed by atoms with Crippen LogP contribution in [-0.4, -0.2) is 84.5 Å². The molecule has 0 spiro atoms. The Morgan fingerprint density at radius 1 is 0.675 bits per heavy atom. The minimum Gasteiger partial charge on any atom is -0.507 e. The second-order valence-electron chi connectivity index (χ2n) is 8.30. The maximum Gasteiger partial charge on any atom is 0.390 e. The van der Waals surface area contributed by atoms with Gasteiger partial charge in [-0.15, -0.1) is 0 Å². The van der Waals surface area contributed by atoms with Gasteiger partial charge in [0.2, 0.25) is 0 Å². The Bertz CT molecular complexity index is 1180. The molecule has 15 heteroatoms. The van der Waals surface area contributed by atoms with Crippen LogP contribution < -0.4 is 0 Å². The zero-order chi connectivity index (χ0) is 29.8. The van der Waals surface area contributed by atoms with Gasteiger partial charge in [0.15, 0.2) is 0 Å². The van der Waals surface area contributed by atoms with Crippen LogP contribution in [0, 0.1) is 0 Å². The number of aliphatic hydroxyl groups excluding tert-OH is 5. The Morgan fingerprint density at radius 2 is 1.20 bits per heavy atom. The highest BCUT2D eigenvalue weighted by atomic mass is 17.2. The summed E-state index contributed by atoms with van der Waals surface area (Å²) in [5.41, 5.74) is -1.22. The second kappa shape index (κ2) is 15.3. The van der Waals surface area contributed by atoms with Crippen LogP contribution in [-0.2, 0) is 29.1 Å². The van der Waals surface area contributed by atoms with E-state index < -0.39 is 71.8 Å². The van der Waals surface area contributed by atoms with Gasteiger partial charge in [-0.3, -0.25) is 0 Å². The lowest BCUT2D eigenvalue weighted by Gasteiger charge is -2.26. The molecule has 0 fully saturated rings. The van der Waals surface area contributed by atoms with Crippen LogP contribution in [0.2, 0.25) is 0 Å². The summed E-state index contributed by atoms with van der Waals surface area (Å²) in [6.45, 7) is -0.922. The van der Waals surface area contributed by atoms with E-state index in [0.717, 1.165) is 12.1 Å². The monoisotopic (exact) mass is 568 g/mol. The van der Waals surface area contributed by atoms with Crippen molar-refractivity contribution in [1.29, 1.82) is 0 Å². The van der Waals surface area contributed by atoms with Crippen LogP contribution in [0.4, 0.5) is 0 Å². The number of para-hydroxylation sites is 2. The van der Waals surface area contributed by atoms with E-state index in [1.165, 1.54) is 30.3 Å². The first-order valence-electron chi connectivity index (χ1n) is 11.7. The lowest BCUT2D eigenvalue weighted by atomic mass is 9.95. The fraction of sp³-hybridized carbons (Fsp3) is 0.360. The molecule has 0 radical (unpaired) electrons. The van der Waals surface area contributed by atoms with Crippen molar-refractivity contribution in [3.8, 4) is 11.5 Å². The van der Waals surface area contributed by atoms with E-state index in [0.29, 0.717) is 0 Å². The maximum atomic E-state index is 12.2. The van der Waals surface area contributed by atoms with E-state index in [1.54, 1.807) is 0 Å². The summed E-state index contributed by atoms with van der Waals surface area (Å²) in [5, 5.41) is 68.1. The predicted molar refractivity (Wildman–Crippen MR) is 128 cm³/mol. The van der Waals surface area contributed by atoms with Crippen LogP contribution >= 0.6 is 0 Å². The Balaban J connectivity index is 1.76. The summed E-state index contributed by atoms with van der Waals surface area (Å²) in [6, 6.07) is 8.77. The molecule has 218 valence electrons. The summed E-state index contributed by atoms with van der Waals surface area (Å²) in [6.07, 6.45) is -8.22. The Morgan fingerprint density at radius 3 is 1.75 bits per heavy atom. The number of unbranched alkanes of at least 4 members (excludes halogenated alkanes) is 1. The highest BCUT2D eigenvalue weighted by Gasteiger charge is 2.33. The Kier molecular flexibility index (Phi) is 12.3. The molecule has 2 aromatic rings. The van der Waals surface area contributed by atoms with Gasteiger partial charge < -0.3 is 35.7 Å². The molecule has 15 nitrogen and oxygen atoms in total. The van der Waals surface area contributed by atoms with E-state index in [1.807, 2.05) is 0 Å². The normalized spacial score (nSPS) is 13.8. The average Bonchev–Trinajstić information content (AvgIpc) is 2.95. The number of hydrogen-bond donors (Lipinski definition) is 7. The fourth-order valence-electron chi connectivity index (χ4n) is 3.20. The molecule has 0 saturated heterocycles. The third-order valence-electron chi connectivity index (χ3n) is 5.42. The molecule has 2 aromatic carbocycles. The summed E-state index contributed by atoms with van der Waals surface area (Å²) in [7, 11) is 0. The fourth-order valence-corrected chi connectivity index (χ4v) is 3.20. The lowest BCUT2D eigenvalue weighted by molar-refractivity contribution is -0.235. The topological polar surface area (TPSA) is 247 Å². The van der Waals surface area contributed by atoms with E-state index in [2.05, 4.69) is 19.6 Å². The highest BCUT2D eigenvalue weighted by Crippen LogP contribution is 2.31. The Labute approximate surface area is 226 Å². The minimum absolute atomic E-state index is 0.0751. The molecular weight excluding hydrogens is 540 g/mol. The van der Waals surface area contributed by atoms with Gasteiger partial charge in [-0.25, -0.2) is 38.7 Å². The number of aliphatic hydroxyl groups is 5. The summed E-state index contributed by atoms with van der Waals surface area (Å²) in [4.78, 5) is 64.9. The van der Waals surface area contributed by atoms with Crippen molar-refractivity contribution in [2.24, 2.45) is 0 Å². The van der Waals surface area contributed by atoms with Crippen LogP contribution in [0.1, 0.15) is 58.1 Å². The smallest absolute Gasteiger partial charge is 0.390 e. The van der Waals surface area contributed by atoms with Gasteiger partial charge in [-0.1, -0.05) is 24.3 Å². The van der Waals surface area contributed by atoms with Crippen LogP contribution in [0.5, 0.6) is 11.5 Å². The molecule has 0 heterocycles. The number of carbonyl (C=O) groups is 4. The van der Waals surface area contributed by atoms with E-state index in [4.69, 9.17) is 5.11 Å². The number of rotatable bonds is 12. The van der Waals surface area contributed by atoms with Crippen LogP contribution in [0.25, 0.3) is 0 Å². The van der Waals surface area contributed by atoms with Crippen molar-refractivity contribution in [2.75, 3.05) is 6.61 Å². The molecule has 0 bridgehead atoms. The zero-order valence-corrected chi connectivity index (χ0v) is 20.8. The second-order valence-corrected chi connectivity index (χ2v) is 8.30. The minimum atomic E-state index is -2.06. The predicted octanol–water partition coefficient (Wildman–Crippen LogP) is -0.303. The third kappa shape index (κ3) is 8.89. The quantitative estimate of drug-likeness (QED) is 0.0986. The molecule has 1 unspecified atom stereocenters. The molecular formula is C25H28O15. The first-order valence-corrected chi connectivity index (χ1v) is 11.7. The van der Waals surface area contributed by atoms with Crippen LogP contribution in [0.3, 0.4) is 0 Å². The molecule has 2 rings (SSSR count). The number of aromatic hydroxyl groups is 2. The van der Waals surface area contributed by atoms with Crippen molar-refractivity contribution in [3.63, 3.8) is 0 Å². The van der Waals surface area contributed by atoms with E-state index in [-0.39, 0.29) is 37.0 Å². The standard InChI is InChI=1S/C25H28O15/c26-12-17(28)22(33)23(34)21(32)14-7-5-8-15(20(14)31)25(36)40-38-19(30)11-4-3-10-18(29)37-39-24(35)13-6-1-2-9-16(13)27/h1-2,5-9,17,21-23,26-28,31-34H,3-4,10-12H2/t17-,21?,22-,23+/m1/s1. The van der Waals surface area contributed by atoms with Crippen molar-refractivity contribution < 1.29 is 74.5 Å². The van der Waals surface area contributed by atoms with Gasteiger partial charge in [0.05, 0.1) is 19.4 Å². The van der Waals surface area contributed by atoms with Crippen molar-refractivity contribution >= 4 is 23.9 Å². The number of phenolic OH excluding ortho intramolecular Hbond substituents is 2. The maximum absolute atomic E-state index is 12.2.